The second-order valence-electron chi connectivity index (χ2n) is 3.56. The number of pyridine rings is 1. The molecule has 1 aromatic heterocycles. The molecule has 1 amide bonds. The quantitative estimate of drug-likeness (QED) is 0.829. The minimum atomic E-state index is -0.407. The monoisotopic (exact) mass is 212 g/mol. The van der Waals surface area contributed by atoms with Gasteiger partial charge in [-0.3, -0.25) is 9.78 Å². The van der Waals surface area contributed by atoms with Crippen molar-refractivity contribution in [3.63, 3.8) is 0 Å². The number of amides is 1. The van der Waals surface area contributed by atoms with Crippen LogP contribution in [0.2, 0.25) is 0 Å². The Kier molecular flexibility index (Phi) is 2.68. The minimum absolute atomic E-state index is 0.407. The summed E-state index contributed by atoms with van der Waals surface area (Å²) < 4.78 is 0. The number of rotatable bonds is 2. The van der Waals surface area contributed by atoms with E-state index in [9.17, 15) is 4.79 Å². The molecule has 0 fully saturated rings. The summed E-state index contributed by atoms with van der Waals surface area (Å²) >= 11 is 0. The standard InChI is InChI=1S/C13H12N2O/c1-9-10(12-7-2-3-8-15-12)5-4-6-11(9)13(14)16/h2-8H,1H3,(H2,14,16). The number of carbonyl (C=O) groups is 1. The summed E-state index contributed by atoms with van der Waals surface area (Å²) in [6, 6.07) is 11.2. The highest BCUT2D eigenvalue weighted by Gasteiger charge is 2.09. The second kappa shape index (κ2) is 4.14. The van der Waals surface area contributed by atoms with E-state index in [1.165, 1.54) is 0 Å². The molecule has 0 aliphatic carbocycles. The van der Waals surface area contributed by atoms with Gasteiger partial charge in [-0.15, -0.1) is 0 Å². The van der Waals surface area contributed by atoms with E-state index in [1.807, 2.05) is 37.3 Å². The highest BCUT2D eigenvalue weighted by molar-refractivity contribution is 5.96. The molecule has 0 saturated heterocycles. The van der Waals surface area contributed by atoms with Crippen LogP contribution in [0.4, 0.5) is 0 Å². The van der Waals surface area contributed by atoms with Gasteiger partial charge in [-0.1, -0.05) is 18.2 Å². The Morgan fingerprint density at radius 1 is 1.19 bits per heavy atom. The molecule has 3 nitrogen and oxygen atoms in total. The molecule has 0 atom stereocenters. The molecule has 0 bridgehead atoms. The van der Waals surface area contributed by atoms with Gasteiger partial charge < -0.3 is 5.73 Å². The maximum Gasteiger partial charge on any atom is 0.248 e. The van der Waals surface area contributed by atoms with Gasteiger partial charge in [-0.05, 0) is 30.7 Å². The summed E-state index contributed by atoms with van der Waals surface area (Å²) in [6.45, 7) is 1.88. The van der Waals surface area contributed by atoms with Crippen LogP contribution in [0.15, 0.2) is 42.6 Å². The van der Waals surface area contributed by atoms with Crippen LogP contribution in [0.5, 0.6) is 0 Å². The summed E-state index contributed by atoms with van der Waals surface area (Å²) in [5, 5.41) is 0. The van der Waals surface area contributed by atoms with E-state index < -0.39 is 5.91 Å². The molecule has 1 heterocycles. The fourth-order valence-corrected chi connectivity index (χ4v) is 1.70. The first-order valence-electron chi connectivity index (χ1n) is 5.01. The first-order valence-corrected chi connectivity index (χ1v) is 5.01. The van der Waals surface area contributed by atoms with Gasteiger partial charge in [-0.2, -0.15) is 0 Å². The Morgan fingerprint density at radius 3 is 2.62 bits per heavy atom. The van der Waals surface area contributed by atoms with Gasteiger partial charge in [0.15, 0.2) is 0 Å². The number of hydrogen-bond acceptors (Lipinski definition) is 2. The highest BCUT2D eigenvalue weighted by atomic mass is 16.1. The van der Waals surface area contributed by atoms with Crippen molar-refractivity contribution in [1.82, 2.24) is 4.98 Å². The molecule has 0 spiro atoms. The van der Waals surface area contributed by atoms with E-state index in [2.05, 4.69) is 4.98 Å². The summed E-state index contributed by atoms with van der Waals surface area (Å²) in [5.41, 5.74) is 8.51. The van der Waals surface area contributed by atoms with Crippen molar-refractivity contribution >= 4 is 5.91 Å². The molecule has 3 heteroatoms. The van der Waals surface area contributed by atoms with Gasteiger partial charge in [0.2, 0.25) is 5.91 Å². The lowest BCUT2D eigenvalue weighted by atomic mass is 9.99. The van der Waals surface area contributed by atoms with Crippen molar-refractivity contribution in [2.45, 2.75) is 6.92 Å². The van der Waals surface area contributed by atoms with Gasteiger partial charge in [-0.25, -0.2) is 0 Å². The van der Waals surface area contributed by atoms with Crippen molar-refractivity contribution in [3.8, 4) is 11.3 Å². The van der Waals surface area contributed by atoms with Gasteiger partial charge in [0, 0.05) is 17.3 Å². The fourth-order valence-electron chi connectivity index (χ4n) is 1.70. The zero-order chi connectivity index (χ0) is 11.5. The number of benzene rings is 1. The van der Waals surface area contributed by atoms with Gasteiger partial charge in [0.1, 0.15) is 0 Å². The maximum atomic E-state index is 11.2. The summed E-state index contributed by atoms with van der Waals surface area (Å²) in [6.07, 6.45) is 1.73. The Morgan fingerprint density at radius 2 is 2.00 bits per heavy atom. The van der Waals surface area contributed by atoms with E-state index in [0.717, 1.165) is 16.8 Å². The van der Waals surface area contributed by atoms with Crippen LogP contribution in [0, 0.1) is 6.92 Å². The summed E-state index contributed by atoms with van der Waals surface area (Å²) in [4.78, 5) is 15.5. The van der Waals surface area contributed by atoms with Crippen LogP contribution in [-0.2, 0) is 0 Å². The molecule has 80 valence electrons. The molecule has 0 aliphatic rings. The van der Waals surface area contributed by atoms with Gasteiger partial charge in [0.25, 0.3) is 0 Å². The lowest BCUT2D eigenvalue weighted by Gasteiger charge is -2.08. The normalized spacial score (nSPS) is 10.1. The maximum absolute atomic E-state index is 11.2. The number of nitrogens with zero attached hydrogens (tertiary/aromatic N) is 1. The number of aromatic nitrogens is 1. The number of carbonyl (C=O) groups excluding carboxylic acids is 1. The van der Waals surface area contributed by atoms with E-state index in [4.69, 9.17) is 5.73 Å². The van der Waals surface area contributed by atoms with E-state index >= 15 is 0 Å². The van der Waals surface area contributed by atoms with Crippen molar-refractivity contribution in [3.05, 3.63) is 53.7 Å². The van der Waals surface area contributed by atoms with Crippen LogP contribution in [0.1, 0.15) is 15.9 Å². The molecular formula is C13H12N2O. The topological polar surface area (TPSA) is 56.0 Å². The molecule has 0 aliphatic heterocycles. The largest absolute Gasteiger partial charge is 0.366 e. The lowest BCUT2D eigenvalue weighted by Crippen LogP contribution is -2.13. The first kappa shape index (κ1) is 10.4. The molecule has 0 unspecified atom stereocenters. The first-order chi connectivity index (χ1) is 7.70. The van der Waals surface area contributed by atoms with Crippen molar-refractivity contribution in [2.24, 2.45) is 5.73 Å². The highest BCUT2D eigenvalue weighted by Crippen LogP contribution is 2.23. The molecule has 1 aromatic carbocycles. The zero-order valence-corrected chi connectivity index (χ0v) is 8.97. The average Bonchev–Trinajstić information content (AvgIpc) is 2.30. The second-order valence-corrected chi connectivity index (χ2v) is 3.56. The van der Waals surface area contributed by atoms with Crippen molar-refractivity contribution < 1.29 is 4.79 Å². The molecule has 16 heavy (non-hydrogen) atoms. The van der Waals surface area contributed by atoms with Gasteiger partial charge in [0.05, 0.1) is 5.69 Å². The summed E-state index contributed by atoms with van der Waals surface area (Å²) in [5.74, 6) is -0.407. The molecule has 0 radical (unpaired) electrons. The molecule has 2 N–H and O–H groups in total. The number of hydrogen-bond donors (Lipinski definition) is 1. The predicted octanol–water partition coefficient (Wildman–Crippen LogP) is 2.16. The van der Waals surface area contributed by atoms with Crippen LogP contribution < -0.4 is 5.73 Å². The Hall–Kier alpha value is -2.16. The molecule has 0 saturated carbocycles. The van der Waals surface area contributed by atoms with E-state index in [1.54, 1.807) is 12.3 Å². The third kappa shape index (κ3) is 1.80. The van der Waals surface area contributed by atoms with E-state index in [-0.39, 0.29) is 0 Å². The third-order valence-electron chi connectivity index (χ3n) is 2.54. The van der Waals surface area contributed by atoms with Crippen LogP contribution in [0.25, 0.3) is 11.3 Å². The van der Waals surface area contributed by atoms with E-state index in [0.29, 0.717) is 5.56 Å². The smallest absolute Gasteiger partial charge is 0.248 e. The molecule has 2 rings (SSSR count). The fraction of sp³-hybridized carbons (Fsp3) is 0.0769. The zero-order valence-electron chi connectivity index (χ0n) is 8.97. The van der Waals surface area contributed by atoms with Crippen LogP contribution >= 0.6 is 0 Å². The Labute approximate surface area is 93.9 Å². The van der Waals surface area contributed by atoms with Crippen molar-refractivity contribution in [1.29, 1.82) is 0 Å². The third-order valence-corrected chi connectivity index (χ3v) is 2.54. The molecule has 2 aromatic rings. The number of primary amides is 1. The van der Waals surface area contributed by atoms with Crippen LogP contribution in [0.3, 0.4) is 0 Å². The van der Waals surface area contributed by atoms with Crippen molar-refractivity contribution in [2.75, 3.05) is 0 Å². The Bertz CT molecular complexity index is 521. The van der Waals surface area contributed by atoms with Crippen LogP contribution in [-0.4, -0.2) is 10.9 Å². The number of nitrogens with two attached hydrogens (primary N) is 1. The van der Waals surface area contributed by atoms with Gasteiger partial charge >= 0.3 is 0 Å². The SMILES string of the molecule is Cc1c(C(N)=O)cccc1-c1ccccn1. The molecular weight excluding hydrogens is 200 g/mol. The lowest BCUT2D eigenvalue weighted by molar-refractivity contribution is 0.1000. The minimum Gasteiger partial charge on any atom is -0.366 e. The summed E-state index contributed by atoms with van der Waals surface area (Å²) in [7, 11) is 0. The average molecular weight is 212 g/mol. The Balaban J connectivity index is 2.59. The predicted molar refractivity (Wildman–Crippen MR) is 62.9 cm³/mol.